The summed E-state index contributed by atoms with van der Waals surface area (Å²) in [5.41, 5.74) is 7.10. The summed E-state index contributed by atoms with van der Waals surface area (Å²) in [6.07, 6.45) is 1.08. The van der Waals surface area contributed by atoms with Crippen molar-refractivity contribution >= 4 is 8.07 Å². The van der Waals surface area contributed by atoms with Crippen LogP contribution in [0.1, 0.15) is 35.1 Å². The number of hydrogen-bond acceptors (Lipinski definition) is 3. The Labute approximate surface area is 246 Å². The van der Waals surface area contributed by atoms with Crippen molar-refractivity contribution in [1.82, 2.24) is 0 Å². The fourth-order valence-electron chi connectivity index (χ4n) is 5.37. The molecule has 0 amide bonds. The van der Waals surface area contributed by atoms with Crippen LogP contribution in [0.3, 0.4) is 0 Å². The largest absolute Gasteiger partial charge is 0.374 e. The first-order valence-electron chi connectivity index (χ1n) is 14.6. The van der Waals surface area contributed by atoms with Crippen LogP contribution in [0.4, 0.5) is 0 Å². The van der Waals surface area contributed by atoms with E-state index in [4.69, 9.17) is 14.2 Å². The van der Waals surface area contributed by atoms with Gasteiger partial charge in [0.05, 0.1) is 19.3 Å². The highest BCUT2D eigenvalue weighted by Gasteiger charge is 2.43. The quantitative estimate of drug-likeness (QED) is 0.118. The summed E-state index contributed by atoms with van der Waals surface area (Å²) in [6, 6.07) is 41.9. The monoisotopic (exact) mass is 560 g/mol. The molecule has 4 aromatic carbocycles. The lowest BCUT2D eigenvalue weighted by Gasteiger charge is -2.43. The molecule has 0 aliphatic carbocycles. The minimum absolute atomic E-state index is 0.119. The predicted octanol–water partition coefficient (Wildman–Crippen LogP) is 8.01. The van der Waals surface area contributed by atoms with Gasteiger partial charge < -0.3 is 14.2 Å². The van der Waals surface area contributed by atoms with Gasteiger partial charge in [0.1, 0.15) is 25.9 Å². The smallest absolute Gasteiger partial charge is 0.144 e. The number of rotatable bonds is 9. The van der Waals surface area contributed by atoms with Crippen molar-refractivity contribution < 1.29 is 14.2 Å². The van der Waals surface area contributed by atoms with Crippen LogP contribution in [0.2, 0.25) is 19.6 Å². The summed E-state index contributed by atoms with van der Waals surface area (Å²) in [5, 5.41) is 0. The molecule has 0 saturated carbocycles. The summed E-state index contributed by atoms with van der Waals surface area (Å²) >= 11 is 0. The first-order valence-corrected chi connectivity index (χ1v) is 18.1. The van der Waals surface area contributed by atoms with Crippen molar-refractivity contribution in [3.05, 3.63) is 144 Å². The number of benzene rings is 4. The molecule has 1 saturated heterocycles. The Hall–Kier alpha value is -3.46. The van der Waals surface area contributed by atoms with Crippen LogP contribution >= 0.6 is 0 Å². The maximum atomic E-state index is 7.40. The van der Waals surface area contributed by atoms with E-state index in [0.717, 1.165) is 35.1 Å². The summed E-state index contributed by atoms with van der Waals surface area (Å²) in [5.74, 6) is 3.46. The van der Waals surface area contributed by atoms with Gasteiger partial charge in [-0.15, -0.1) is 5.54 Å². The minimum Gasteiger partial charge on any atom is -0.374 e. The van der Waals surface area contributed by atoms with Crippen LogP contribution in [0.5, 0.6) is 0 Å². The van der Waals surface area contributed by atoms with Crippen LogP contribution in [0.15, 0.2) is 121 Å². The van der Waals surface area contributed by atoms with Crippen molar-refractivity contribution in [3.8, 4) is 11.5 Å². The van der Waals surface area contributed by atoms with E-state index in [1.807, 2.05) is 18.2 Å². The average Bonchev–Trinajstić information content (AvgIpc) is 3.01. The van der Waals surface area contributed by atoms with E-state index >= 15 is 0 Å². The second-order valence-corrected chi connectivity index (χ2v) is 16.4. The summed E-state index contributed by atoms with van der Waals surface area (Å²) < 4.78 is 20.4. The van der Waals surface area contributed by atoms with E-state index in [0.29, 0.717) is 13.2 Å². The molecule has 210 valence electrons. The van der Waals surface area contributed by atoms with Gasteiger partial charge in [-0.1, -0.05) is 147 Å². The van der Waals surface area contributed by atoms with Crippen molar-refractivity contribution in [2.24, 2.45) is 0 Å². The Morgan fingerprint density at radius 3 is 1.68 bits per heavy atom. The van der Waals surface area contributed by atoms with E-state index in [1.165, 1.54) is 0 Å². The van der Waals surface area contributed by atoms with Gasteiger partial charge in [0.15, 0.2) is 0 Å². The molecular formula is C37H40O3Si. The first-order chi connectivity index (χ1) is 19.9. The van der Waals surface area contributed by atoms with Gasteiger partial charge in [-0.05, 0) is 35.1 Å². The maximum Gasteiger partial charge on any atom is 0.144 e. The molecule has 1 aliphatic heterocycles. The maximum absolute atomic E-state index is 7.40. The van der Waals surface area contributed by atoms with Gasteiger partial charge in [-0.25, -0.2) is 0 Å². The molecule has 5 rings (SSSR count). The van der Waals surface area contributed by atoms with E-state index in [2.05, 4.69) is 134 Å². The molecule has 3 atom stereocenters. The van der Waals surface area contributed by atoms with Crippen molar-refractivity contribution in [2.45, 2.75) is 63.0 Å². The van der Waals surface area contributed by atoms with Gasteiger partial charge in [-0.2, -0.15) is 0 Å². The second kappa shape index (κ2) is 13.5. The standard InChI is InChI=1S/C37H40O3Si/c1-41(2,3)27-26-34-24-25-35(36(39-34)29-38-28-30-16-8-4-9-17-30)40-37(31-18-10-5-11-19-31,32-20-12-6-13-21-32)33-22-14-7-15-23-33/h4-23,34-36H,24-25,28-29H2,1-3H3/t34-,35+,36+/m0/s1. The molecule has 4 aromatic rings. The number of hydrogen-bond donors (Lipinski definition) is 0. The molecule has 0 aromatic heterocycles. The average molecular weight is 561 g/mol. The van der Waals surface area contributed by atoms with Gasteiger partial charge in [-0.3, -0.25) is 0 Å². The second-order valence-electron chi connectivity index (χ2n) is 11.7. The van der Waals surface area contributed by atoms with E-state index < -0.39 is 13.7 Å². The van der Waals surface area contributed by atoms with E-state index in [-0.39, 0.29) is 18.3 Å². The fourth-order valence-corrected chi connectivity index (χ4v) is 5.96. The third-order valence-electron chi connectivity index (χ3n) is 7.34. The molecule has 0 bridgehead atoms. The molecule has 3 nitrogen and oxygen atoms in total. The zero-order chi connectivity index (χ0) is 28.5. The third-order valence-corrected chi connectivity index (χ3v) is 8.23. The van der Waals surface area contributed by atoms with Crippen LogP contribution in [0.25, 0.3) is 0 Å². The van der Waals surface area contributed by atoms with E-state index in [1.54, 1.807) is 0 Å². The molecular weight excluding hydrogens is 520 g/mol. The van der Waals surface area contributed by atoms with Crippen LogP contribution in [0, 0.1) is 11.5 Å². The zero-order valence-corrected chi connectivity index (χ0v) is 25.3. The Bertz CT molecular complexity index is 1310. The highest BCUT2D eigenvalue weighted by molar-refractivity contribution is 6.83. The van der Waals surface area contributed by atoms with Gasteiger partial charge in [0, 0.05) is 0 Å². The Morgan fingerprint density at radius 1 is 0.707 bits per heavy atom. The molecule has 1 heterocycles. The van der Waals surface area contributed by atoms with Gasteiger partial charge >= 0.3 is 0 Å². The highest BCUT2D eigenvalue weighted by Crippen LogP contribution is 2.43. The lowest BCUT2D eigenvalue weighted by molar-refractivity contribution is -0.178. The molecule has 4 heteroatoms. The van der Waals surface area contributed by atoms with Gasteiger partial charge in [0.25, 0.3) is 0 Å². The van der Waals surface area contributed by atoms with Crippen molar-refractivity contribution in [2.75, 3.05) is 6.61 Å². The van der Waals surface area contributed by atoms with Gasteiger partial charge in [0.2, 0.25) is 0 Å². The molecule has 41 heavy (non-hydrogen) atoms. The lowest BCUT2D eigenvalue weighted by Crippen LogP contribution is -2.48. The molecule has 1 aliphatic rings. The summed E-state index contributed by atoms with van der Waals surface area (Å²) in [7, 11) is -1.52. The van der Waals surface area contributed by atoms with Crippen molar-refractivity contribution in [3.63, 3.8) is 0 Å². The molecule has 0 spiro atoms. The summed E-state index contributed by atoms with van der Waals surface area (Å²) in [6.45, 7) is 7.76. The van der Waals surface area contributed by atoms with E-state index in [9.17, 15) is 0 Å². The predicted molar refractivity (Wildman–Crippen MR) is 169 cm³/mol. The summed E-state index contributed by atoms with van der Waals surface area (Å²) in [4.78, 5) is 0. The Balaban J connectivity index is 1.51. The highest BCUT2D eigenvalue weighted by atomic mass is 28.3. The topological polar surface area (TPSA) is 27.7 Å². The van der Waals surface area contributed by atoms with Crippen molar-refractivity contribution in [1.29, 1.82) is 0 Å². The molecule has 1 fully saturated rings. The van der Waals surface area contributed by atoms with Crippen LogP contribution in [-0.2, 0) is 26.4 Å². The lowest BCUT2D eigenvalue weighted by atomic mass is 9.79. The normalized spacial score (nSPS) is 19.2. The zero-order valence-electron chi connectivity index (χ0n) is 24.3. The Kier molecular flexibility index (Phi) is 9.54. The number of ether oxygens (including phenoxy) is 3. The van der Waals surface area contributed by atoms with Crippen LogP contribution in [-0.4, -0.2) is 33.0 Å². The minimum atomic E-state index is -1.52. The molecule has 0 unspecified atom stereocenters. The molecule has 0 N–H and O–H groups in total. The fraction of sp³-hybridized carbons (Fsp3) is 0.297. The SMILES string of the molecule is C[Si](C)(C)C#C[C@@H]1CC[C@@H](OC(c2ccccc2)(c2ccccc2)c2ccccc2)[C@@H](COCc2ccccc2)O1. The third kappa shape index (κ3) is 7.44. The van der Waals surface area contributed by atoms with Crippen LogP contribution < -0.4 is 0 Å². The Morgan fingerprint density at radius 2 is 1.20 bits per heavy atom. The first kappa shape index (κ1) is 29.0. The molecule has 0 radical (unpaired) electrons.